The molecule has 0 unspecified atom stereocenters. The summed E-state index contributed by atoms with van der Waals surface area (Å²) in [7, 11) is 0. The van der Waals surface area contributed by atoms with Crippen molar-refractivity contribution in [2.24, 2.45) is 0 Å². The molecule has 0 spiro atoms. The minimum absolute atomic E-state index is 0.00281. The van der Waals surface area contributed by atoms with Crippen molar-refractivity contribution in [1.82, 2.24) is 0 Å². The molecule has 7 heteroatoms. The van der Waals surface area contributed by atoms with Gasteiger partial charge in [-0.2, -0.15) is 5.26 Å². The minimum atomic E-state index is -0.697. The number of nitro groups is 1. The quantitative estimate of drug-likeness (QED) is 0.483. The van der Waals surface area contributed by atoms with Crippen LogP contribution >= 0.6 is 11.6 Å². The fourth-order valence-electron chi connectivity index (χ4n) is 1.70. The molecule has 0 heterocycles. The highest BCUT2D eigenvalue weighted by Crippen LogP contribution is 2.35. The van der Waals surface area contributed by atoms with E-state index in [1.165, 1.54) is 24.3 Å². The number of rotatable bonds is 4. The van der Waals surface area contributed by atoms with E-state index < -0.39 is 16.4 Å². The summed E-state index contributed by atoms with van der Waals surface area (Å²) in [5, 5.41) is 19.8. The number of ether oxygens (including phenoxy) is 1. The Labute approximate surface area is 124 Å². The van der Waals surface area contributed by atoms with E-state index in [9.17, 15) is 14.5 Å². The first kappa shape index (κ1) is 14.8. The highest BCUT2D eigenvalue weighted by molar-refractivity contribution is 6.17. The van der Waals surface area contributed by atoms with Gasteiger partial charge < -0.3 is 4.74 Å². The van der Waals surface area contributed by atoms with E-state index in [1.807, 2.05) is 0 Å². The van der Waals surface area contributed by atoms with Crippen molar-refractivity contribution in [3.8, 4) is 17.6 Å². The summed E-state index contributed by atoms with van der Waals surface area (Å²) >= 11 is 5.70. The molecule has 0 aliphatic heterocycles. The van der Waals surface area contributed by atoms with E-state index in [1.54, 1.807) is 12.1 Å². The van der Waals surface area contributed by atoms with Crippen LogP contribution in [0.3, 0.4) is 0 Å². The van der Waals surface area contributed by atoms with E-state index in [4.69, 9.17) is 21.6 Å². The van der Waals surface area contributed by atoms with Crippen LogP contribution in [0.25, 0.3) is 0 Å². The molecule has 0 saturated heterocycles. The molecule has 0 saturated carbocycles. The summed E-state index contributed by atoms with van der Waals surface area (Å²) in [4.78, 5) is 10.3. The van der Waals surface area contributed by atoms with Gasteiger partial charge in [-0.1, -0.05) is 12.1 Å². The van der Waals surface area contributed by atoms with Crippen molar-refractivity contribution in [1.29, 1.82) is 5.26 Å². The van der Waals surface area contributed by atoms with Gasteiger partial charge in [0.1, 0.15) is 0 Å². The Hall–Kier alpha value is -2.65. The highest BCUT2D eigenvalue weighted by atomic mass is 35.5. The predicted molar refractivity (Wildman–Crippen MR) is 73.8 cm³/mol. The Kier molecular flexibility index (Phi) is 4.36. The van der Waals surface area contributed by atoms with Crippen molar-refractivity contribution >= 4 is 17.3 Å². The molecule has 0 fully saturated rings. The van der Waals surface area contributed by atoms with Gasteiger partial charge in [0, 0.05) is 11.6 Å². The molecular weight excluding hydrogens is 299 g/mol. The van der Waals surface area contributed by atoms with E-state index in [-0.39, 0.29) is 22.9 Å². The molecule has 0 aromatic heterocycles. The summed E-state index contributed by atoms with van der Waals surface area (Å²) in [6.45, 7) is 0. The Bertz CT molecular complexity index is 743. The number of nitro benzene ring substituents is 1. The molecule has 0 bridgehead atoms. The lowest BCUT2D eigenvalue weighted by Crippen LogP contribution is -1.98. The van der Waals surface area contributed by atoms with Crippen LogP contribution in [-0.2, 0) is 5.88 Å². The van der Waals surface area contributed by atoms with Crippen LogP contribution in [0.2, 0.25) is 0 Å². The van der Waals surface area contributed by atoms with Crippen molar-refractivity contribution in [3.05, 3.63) is 63.5 Å². The van der Waals surface area contributed by atoms with Crippen molar-refractivity contribution in [3.63, 3.8) is 0 Å². The molecule has 0 aliphatic rings. The summed E-state index contributed by atoms with van der Waals surface area (Å²) in [6, 6.07) is 9.65. The first-order valence-electron chi connectivity index (χ1n) is 5.76. The molecule has 2 rings (SSSR count). The Morgan fingerprint density at radius 1 is 1.38 bits per heavy atom. The van der Waals surface area contributed by atoms with E-state index in [0.29, 0.717) is 5.56 Å². The Morgan fingerprint density at radius 3 is 2.76 bits per heavy atom. The maximum absolute atomic E-state index is 13.8. The predicted octanol–water partition coefficient (Wildman–Crippen LogP) is 4.14. The van der Waals surface area contributed by atoms with Gasteiger partial charge in [-0.15, -0.1) is 11.6 Å². The minimum Gasteiger partial charge on any atom is -0.447 e. The number of para-hydroxylation sites is 1. The van der Waals surface area contributed by atoms with Gasteiger partial charge in [-0.3, -0.25) is 10.1 Å². The lowest BCUT2D eigenvalue weighted by atomic mass is 10.2. The third-order valence-electron chi connectivity index (χ3n) is 2.69. The van der Waals surface area contributed by atoms with Crippen LogP contribution in [0.15, 0.2) is 36.4 Å². The fraction of sp³-hybridized carbons (Fsp3) is 0.0714. The largest absolute Gasteiger partial charge is 0.447 e. The van der Waals surface area contributed by atoms with Gasteiger partial charge in [0.2, 0.25) is 5.75 Å². The van der Waals surface area contributed by atoms with E-state index >= 15 is 0 Å². The number of halogens is 2. The van der Waals surface area contributed by atoms with Crippen molar-refractivity contribution in [2.45, 2.75) is 5.88 Å². The van der Waals surface area contributed by atoms with Gasteiger partial charge >= 0.3 is 5.69 Å². The second kappa shape index (κ2) is 6.20. The van der Waals surface area contributed by atoms with Crippen molar-refractivity contribution < 1.29 is 14.1 Å². The van der Waals surface area contributed by atoms with Gasteiger partial charge in [0.25, 0.3) is 0 Å². The van der Waals surface area contributed by atoms with Crippen LogP contribution in [0, 0.1) is 27.3 Å². The van der Waals surface area contributed by atoms with Crippen LogP contribution < -0.4 is 4.74 Å². The summed E-state index contributed by atoms with van der Waals surface area (Å²) in [5.74, 6) is -1.00. The van der Waals surface area contributed by atoms with E-state index in [0.717, 1.165) is 6.07 Å². The SMILES string of the molecule is N#Cc1ccc(Oc2c(F)cccc2CCl)c([N+](=O)[O-])c1. The van der Waals surface area contributed by atoms with Crippen molar-refractivity contribution in [2.75, 3.05) is 0 Å². The monoisotopic (exact) mass is 306 g/mol. The molecule has 106 valence electrons. The molecule has 0 atom stereocenters. The maximum atomic E-state index is 13.8. The first-order valence-corrected chi connectivity index (χ1v) is 6.30. The molecule has 5 nitrogen and oxygen atoms in total. The third-order valence-corrected chi connectivity index (χ3v) is 2.98. The average molecular weight is 307 g/mol. The Balaban J connectivity index is 2.50. The normalized spacial score (nSPS) is 9.95. The standard InChI is InChI=1S/C14H8ClFN2O3/c15-7-10-2-1-3-11(16)14(10)21-13-5-4-9(8-17)6-12(13)18(19)20/h1-6H,7H2. The second-order valence-electron chi connectivity index (χ2n) is 4.02. The third kappa shape index (κ3) is 3.09. The topological polar surface area (TPSA) is 76.2 Å². The number of nitrogens with zero attached hydrogens (tertiary/aromatic N) is 2. The average Bonchev–Trinajstić information content (AvgIpc) is 2.49. The zero-order valence-electron chi connectivity index (χ0n) is 10.5. The molecule has 0 radical (unpaired) electrons. The number of hydrogen-bond donors (Lipinski definition) is 0. The zero-order chi connectivity index (χ0) is 15.4. The summed E-state index contributed by atoms with van der Waals surface area (Å²) in [5.41, 5.74) is 0.0632. The Morgan fingerprint density at radius 2 is 2.14 bits per heavy atom. The number of nitriles is 1. The number of alkyl halides is 1. The number of hydrogen-bond acceptors (Lipinski definition) is 4. The zero-order valence-corrected chi connectivity index (χ0v) is 11.3. The van der Waals surface area contributed by atoms with Gasteiger partial charge in [0.15, 0.2) is 11.6 Å². The lowest BCUT2D eigenvalue weighted by molar-refractivity contribution is -0.385. The fourth-order valence-corrected chi connectivity index (χ4v) is 1.91. The lowest BCUT2D eigenvalue weighted by Gasteiger charge is -2.10. The van der Waals surface area contributed by atoms with Crippen LogP contribution in [0.1, 0.15) is 11.1 Å². The highest BCUT2D eigenvalue weighted by Gasteiger charge is 2.19. The molecular formula is C14H8ClFN2O3. The summed E-state index contributed by atoms with van der Waals surface area (Å²) in [6.07, 6.45) is 0. The van der Waals surface area contributed by atoms with Crippen LogP contribution in [0.4, 0.5) is 10.1 Å². The molecule has 2 aromatic rings. The van der Waals surface area contributed by atoms with Gasteiger partial charge in [0.05, 0.1) is 22.4 Å². The van der Waals surface area contributed by atoms with Gasteiger partial charge in [-0.05, 0) is 18.2 Å². The first-order chi connectivity index (χ1) is 10.1. The second-order valence-corrected chi connectivity index (χ2v) is 4.28. The summed E-state index contributed by atoms with van der Waals surface area (Å²) < 4.78 is 19.1. The van der Waals surface area contributed by atoms with E-state index in [2.05, 4.69) is 0 Å². The molecule has 0 aliphatic carbocycles. The molecule has 21 heavy (non-hydrogen) atoms. The van der Waals surface area contributed by atoms with Crippen LogP contribution in [-0.4, -0.2) is 4.92 Å². The smallest absolute Gasteiger partial charge is 0.312 e. The molecule has 0 N–H and O–H groups in total. The molecule has 2 aromatic carbocycles. The van der Waals surface area contributed by atoms with Gasteiger partial charge in [-0.25, -0.2) is 4.39 Å². The van der Waals surface area contributed by atoms with Crippen LogP contribution in [0.5, 0.6) is 11.5 Å². The maximum Gasteiger partial charge on any atom is 0.312 e. The molecule has 0 amide bonds. The number of benzene rings is 2.